The Morgan fingerprint density at radius 3 is 2.90 bits per heavy atom. The van der Waals surface area contributed by atoms with Crippen LogP contribution in [0, 0.1) is 0 Å². The smallest absolute Gasteiger partial charge is 0.252 e. The first-order chi connectivity index (χ1) is 9.63. The Kier molecular flexibility index (Phi) is 3.33. The molecule has 1 atom stereocenters. The van der Waals surface area contributed by atoms with Crippen LogP contribution in [-0.2, 0) is 29.0 Å². The Bertz CT molecular complexity index is 564. The van der Waals surface area contributed by atoms with Crippen molar-refractivity contribution in [2.75, 3.05) is 13.6 Å². The van der Waals surface area contributed by atoms with Gasteiger partial charge < -0.3 is 9.88 Å². The second kappa shape index (κ2) is 5.01. The topological polar surface area (TPSA) is 67.2 Å². The molecule has 0 radical (unpaired) electrons. The second-order valence-corrected chi connectivity index (χ2v) is 5.42. The number of amides is 2. The fourth-order valence-electron chi connectivity index (χ4n) is 3.14. The predicted octanol–water partition coefficient (Wildman–Crippen LogP) is 0.411. The number of imide groups is 1. The highest BCUT2D eigenvalue weighted by atomic mass is 16.2. The average molecular weight is 276 g/mol. The van der Waals surface area contributed by atoms with Crippen molar-refractivity contribution in [2.45, 2.75) is 45.2 Å². The molecule has 2 amide bonds. The second-order valence-electron chi connectivity index (χ2n) is 5.42. The van der Waals surface area contributed by atoms with E-state index in [4.69, 9.17) is 0 Å². The van der Waals surface area contributed by atoms with Gasteiger partial charge >= 0.3 is 0 Å². The number of nitrogens with zero attached hydrogens (tertiary/aromatic N) is 3. The van der Waals surface area contributed by atoms with Crippen LogP contribution in [-0.4, -0.2) is 39.9 Å². The van der Waals surface area contributed by atoms with Gasteiger partial charge in [0.05, 0.1) is 5.69 Å². The molecule has 2 aliphatic heterocycles. The van der Waals surface area contributed by atoms with Crippen molar-refractivity contribution in [2.24, 2.45) is 0 Å². The molecular weight excluding hydrogens is 256 g/mol. The van der Waals surface area contributed by atoms with E-state index in [2.05, 4.69) is 21.8 Å². The molecule has 1 unspecified atom stereocenters. The molecule has 0 aliphatic carbocycles. The maximum atomic E-state index is 12.4. The summed E-state index contributed by atoms with van der Waals surface area (Å²) < 4.78 is 2.10. The number of aromatic nitrogens is 2. The van der Waals surface area contributed by atoms with Crippen LogP contribution in [0.4, 0.5) is 0 Å². The molecular formula is C14H20N4O2. The van der Waals surface area contributed by atoms with Crippen LogP contribution in [0.5, 0.6) is 0 Å². The molecule has 2 aliphatic rings. The Hall–Kier alpha value is -1.69. The molecule has 1 fully saturated rings. The molecule has 3 rings (SSSR count). The minimum Gasteiger partial charge on any atom is -0.319 e. The molecule has 0 spiro atoms. The zero-order chi connectivity index (χ0) is 14.3. The third-order valence-electron chi connectivity index (χ3n) is 4.25. The van der Waals surface area contributed by atoms with E-state index in [1.165, 1.54) is 10.6 Å². The molecule has 0 saturated carbocycles. The van der Waals surface area contributed by atoms with E-state index < -0.39 is 0 Å². The number of likely N-dealkylation sites (tertiary alicyclic amines) is 1. The highest BCUT2D eigenvalue weighted by Gasteiger charge is 2.36. The fourth-order valence-corrected chi connectivity index (χ4v) is 3.14. The molecule has 6 nitrogen and oxygen atoms in total. The summed E-state index contributed by atoms with van der Waals surface area (Å²) in [4.78, 5) is 30.0. The summed E-state index contributed by atoms with van der Waals surface area (Å²) in [6, 6.07) is -0.262. The Balaban J connectivity index is 2.03. The number of likely N-dealkylation sites (N-methyl/N-ethyl adjacent to an activating group) is 1. The Labute approximate surface area is 118 Å². The highest BCUT2D eigenvalue weighted by molar-refractivity contribution is 5.99. The van der Waals surface area contributed by atoms with Crippen LogP contribution in [0.1, 0.15) is 43.0 Å². The van der Waals surface area contributed by atoms with Crippen molar-refractivity contribution in [3.05, 3.63) is 17.2 Å². The van der Waals surface area contributed by atoms with Gasteiger partial charge in [0, 0.05) is 45.1 Å². The van der Waals surface area contributed by atoms with Crippen molar-refractivity contribution in [1.82, 2.24) is 19.8 Å². The molecule has 6 heteroatoms. The van der Waals surface area contributed by atoms with Gasteiger partial charge in [0.25, 0.3) is 5.91 Å². The number of fused-ring (bicyclic) bond motifs is 1. The van der Waals surface area contributed by atoms with E-state index in [9.17, 15) is 9.59 Å². The summed E-state index contributed by atoms with van der Waals surface area (Å²) in [5, 5.41) is 3.31. The number of aryl methyl sites for hydroxylation is 1. The van der Waals surface area contributed by atoms with Crippen LogP contribution in [0.3, 0.4) is 0 Å². The van der Waals surface area contributed by atoms with Crippen molar-refractivity contribution in [3.63, 3.8) is 0 Å². The minimum atomic E-state index is -0.262. The van der Waals surface area contributed by atoms with Gasteiger partial charge in [-0.1, -0.05) is 6.92 Å². The van der Waals surface area contributed by atoms with Gasteiger partial charge in [-0.15, -0.1) is 0 Å². The number of nitrogens with one attached hydrogen (secondary N) is 1. The molecule has 1 saturated heterocycles. The number of hydrogen-bond donors (Lipinski definition) is 1. The molecule has 3 heterocycles. The van der Waals surface area contributed by atoms with Gasteiger partial charge in [-0.25, -0.2) is 4.98 Å². The van der Waals surface area contributed by atoms with Crippen LogP contribution in [0.15, 0.2) is 0 Å². The largest absolute Gasteiger partial charge is 0.319 e. The van der Waals surface area contributed by atoms with Gasteiger partial charge in [-0.2, -0.15) is 0 Å². The monoisotopic (exact) mass is 276 g/mol. The normalized spacial score (nSPS) is 23.1. The number of hydrogen-bond acceptors (Lipinski definition) is 4. The average Bonchev–Trinajstić information content (AvgIpc) is 2.84. The predicted molar refractivity (Wildman–Crippen MR) is 73.1 cm³/mol. The maximum Gasteiger partial charge on any atom is 0.252 e. The lowest BCUT2D eigenvalue weighted by molar-refractivity contribution is -0.149. The van der Waals surface area contributed by atoms with Gasteiger partial charge in [-0.05, 0) is 6.42 Å². The molecule has 20 heavy (non-hydrogen) atoms. The quantitative estimate of drug-likeness (QED) is 0.795. The number of carbonyl (C=O) groups excluding carboxylic acids is 2. The number of piperidine rings is 1. The van der Waals surface area contributed by atoms with Crippen LogP contribution >= 0.6 is 0 Å². The zero-order valence-corrected chi connectivity index (χ0v) is 12.0. The van der Waals surface area contributed by atoms with E-state index in [0.717, 1.165) is 37.4 Å². The number of rotatable bonds is 2. The first-order valence-electron chi connectivity index (χ1n) is 7.23. The standard InChI is InChI=1S/C14H20N4O2/c1-3-12-16-9-8-15-7-6-10(9)18(12)11-4-5-13(19)17(2)14(11)20/h11,15H,3-8H2,1-2H3. The van der Waals surface area contributed by atoms with Crippen LogP contribution in [0.25, 0.3) is 0 Å². The Morgan fingerprint density at radius 2 is 2.15 bits per heavy atom. The first-order valence-corrected chi connectivity index (χ1v) is 7.23. The van der Waals surface area contributed by atoms with E-state index in [1.54, 1.807) is 7.05 Å². The van der Waals surface area contributed by atoms with Crippen molar-refractivity contribution in [3.8, 4) is 0 Å². The van der Waals surface area contributed by atoms with E-state index in [0.29, 0.717) is 12.8 Å². The Morgan fingerprint density at radius 1 is 1.35 bits per heavy atom. The van der Waals surface area contributed by atoms with Crippen LogP contribution < -0.4 is 5.32 Å². The third-order valence-corrected chi connectivity index (χ3v) is 4.25. The number of imidazole rings is 1. The lowest BCUT2D eigenvalue weighted by Crippen LogP contribution is -2.44. The molecule has 0 aromatic carbocycles. The fraction of sp³-hybridized carbons (Fsp3) is 0.643. The lowest BCUT2D eigenvalue weighted by Gasteiger charge is -2.31. The molecule has 1 aromatic rings. The summed E-state index contributed by atoms with van der Waals surface area (Å²) in [6.07, 6.45) is 2.71. The van der Waals surface area contributed by atoms with Crippen molar-refractivity contribution >= 4 is 11.8 Å². The molecule has 108 valence electrons. The zero-order valence-electron chi connectivity index (χ0n) is 12.0. The summed E-state index contributed by atoms with van der Waals surface area (Å²) in [5.74, 6) is 0.773. The van der Waals surface area contributed by atoms with Gasteiger partial charge in [0.2, 0.25) is 5.91 Å². The minimum absolute atomic E-state index is 0.0834. The lowest BCUT2D eigenvalue weighted by atomic mass is 10.0. The highest BCUT2D eigenvalue weighted by Crippen LogP contribution is 2.29. The molecule has 1 aromatic heterocycles. The van der Waals surface area contributed by atoms with E-state index in [-0.39, 0.29) is 17.9 Å². The van der Waals surface area contributed by atoms with Crippen molar-refractivity contribution in [1.29, 1.82) is 0 Å². The maximum absolute atomic E-state index is 12.4. The number of carbonyl (C=O) groups is 2. The van der Waals surface area contributed by atoms with Crippen LogP contribution in [0.2, 0.25) is 0 Å². The summed E-state index contributed by atoms with van der Waals surface area (Å²) in [6.45, 7) is 3.74. The SMILES string of the molecule is CCc1nc2c(n1C1CCC(=O)N(C)C1=O)CCNC2. The van der Waals surface area contributed by atoms with Gasteiger partial charge in [-0.3, -0.25) is 14.5 Å². The van der Waals surface area contributed by atoms with Crippen molar-refractivity contribution < 1.29 is 9.59 Å². The molecule has 1 N–H and O–H groups in total. The third kappa shape index (κ3) is 1.95. The molecule has 0 bridgehead atoms. The summed E-state index contributed by atoms with van der Waals surface area (Å²) in [7, 11) is 1.58. The van der Waals surface area contributed by atoms with E-state index in [1.807, 2.05) is 0 Å². The van der Waals surface area contributed by atoms with Gasteiger partial charge in [0.1, 0.15) is 11.9 Å². The van der Waals surface area contributed by atoms with E-state index >= 15 is 0 Å². The summed E-state index contributed by atoms with van der Waals surface area (Å²) >= 11 is 0. The summed E-state index contributed by atoms with van der Waals surface area (Å²) in [5.41, 5.74) is 2.22. The first kappa shape index (κ1) is 13.3. The van der Waals surface area contributed by atoms with Gasteiger partial charge in [0.15, 0.2) is 0 Å².